The number of pyridine rings is 1. The second-order valence-corrected chi connectivity index (χ2v) is 4.48. The number of hydrogen-bond acceptors (Lipinski definition) is 3. The Kier molecular flexibility index (Phi) is 2.88. The minimum absolute atomic E-state index is 0.728. The van der Waals surface area contributed by atoms with Gasteiger partial charge in [-0.3, -0.25) is 9.67 Å². The first kappa shape index (κ1) is 10.5. The van der Waals surface area contributed by atoms with E-state index in [1.54, 1.807) is 6.20 Å². The van der Waals surface area contributed by atoms with Gasteiger partial charge in [-0.1, -0.05) is 6.07 Å². The van der Waals surface area contributed by atoms with Crippen LogP contribution in [0.1, 0.15) is 24.2 Å². The molecule has 1 aliphatic rings. The van der Waals surface area contributed by atoms with Crippen LogP contribution in [0, 0.1) is 0 Å². The fraction of sp³-hybridized carbons (Fsp3) is 0.385. The van der Waals surface area contributed by atoms with Crippen molar-refractivity contribution in [1.82, 2.24) is 20.1 Å². The minimum Gasteiger partial charge on any atom is -0.308 e. The van der Waals surface area contributed by atoms with Gasteiger partial charge in [0.25, 0.3) is 0 Å². The van der Waals surface area contributed by atoms with Gasteiger partial charge in [0, 0.05) is 25.0 Å². The van der Waals surface area contributed by atoms with Gasteiger partial charge in [-0.15, -0.1) is 0 Å². The predicted molar refractivity (Wildman–Crippen MR) is 65.4 cm³/mol. The van der Waals surface area contributed by atoms with Crippen molar-refractivity contribution in [3.63, 3.8) is 0 Å². The monoisotopic (exact) mass is 228 g/mol. The van der Waals surface area contributed by atoms with Crippen LogP contribution < -0.4 is 5.32 Å². The first-order valence-corrected chi connectivity index (χ1v) is 6.06. The Bertz CT molecular complexity index is 474. The van der Waals surface area contributed by atoms with E-state index in [0.717, 1.165) is 30.5 Å². The summed E-state index contributed by atoms with van der Waals surface area (Å²) in [6.07, 6.45) is 6.37. The standard InChI is InChI=1S/C13H16N4/c1-3-12(9-14-11-5-6-11)16-13(4-1)10-17-8-2-7-15-17/h1-4,7-8,11,14H,5-6,9-10H2. The van der Waals surface area contributed by atoms with Crippen LogP contribution in [0.3, 0.4) is 0 Å². The van der Waals surface area contributed by atoms with Crippen LogP contribution in [-0.2, 0) is 13.1 Å². The molecule has 0 amide bonds. The lowest BCUT2D eigenvalue weighted by molar-refractivity contribution is 0.648. The zero-order chi connectivity index (χ0) is 11.5. The van der Waals surface area contributed by atoms with Crippen LogP contribution in [0.2, 0.25) is 0 Å². The van der Waals surface area contributed by atoms with Crippen LogP contribution in [-0.4, -0.2) is 20.8 Å². The molecule has 1 N–H and O–H groups in total. The number of hydrogen-bond donors (Lipinski definition) is 1. The van der Waals surface area contributed by atoms with Crippen molar-refractivity contribution >= 4 is 0 Å². The molecule has 1 aliphatic carbocycles. The molecule has 2 aromatic rings. The Morgan fingerprint density at radius 2 is 2.12 bits per heavy atom. The van der Waals surface area contributed by atoms with Crippen molar-refractivity contribution in [2.45, 2.75) is 32.0 Å². The predicted octanol–water partition coefficient (Wildman–Crippen LogP) is 1.58. The topological polar surface area (TPSA) is 42.7 Å². The van der Waals surface area contributed by atoms with E-state index in [9.17, 15) is 0 Å². The highest BCUT2D eigenvalue weighted by Crippen LogP contribution is 2.19. The summed E-state index contributed by atoms with van der Waals surface area (Å²) >= 11 is 0. The molecule has 0 spiro atoms. The quantitative estimate of drug-likeness (QED) is 0.845. The van der Waals surface area contributed by atoms with Crippen LogP contribution in [0.5, 0.6) is 0 Å². The molecule has 1 fully saturated rings. The van der Waals surface area contributed by atoms with Crippen molar-refractivity contribution < 1.29 is 0 Å². The zero-order valence-electron chi connectivity index (χ0n) is 9.71. The molecule has 2 heterocycles. The summed E-state index contributed by atoms with van der Waals surface area (Å²) in [4.78, 5) is 4.62. The van der Waals surface area contributed by atoms with Crippen molar-refractivity contribution in [1.29, 1.82) is 0 Å². The van der Waals surface area contributed by atoms with Gasteiger partial charge in [-0.05, 0) is 31.0 Å². The minimum atomic E-state index is 0.728. The van der Waals surface area contributed by atoms with Gasteiger partial charge in [0.1, 0.15) is 0 Å². The smallest absolute Gasteiger partial charge is 0.0831 e. The third-order valence-electron chi connectivity index (χ3n) is 2.90. The molecule has 1 saturated carbocycles. The fourth-order valence-corrected chi connectivity index (χ4v) is 1.81. The van der Waals surface area contributed by atoms with E-state index < -0.39 is 0 Å². The second-order valence-electron chi connectivity index (χ2n) is 4.48. The van der Waals surface area contributed by atoms with Crippen molar-refractivity contribution in [3.8, 4) is 0 Å². The van der Waals surface area contributed by atoms with Crippen molar-refractivity contribution in [2.75, 3.05) is 0 Å². The summed E-state index contributed by atoms with van der Waals surface area (Å²) < 4.78 is 1.89. The van der Waals surface area contributed by atoms with E-state index in [4.69, 9.17) is 0 Å². The first-order valence-electron chi connectivity index (χ1n) is 6.06. The van der Waals surface area contributed by atoms with E-state index in [1.165, 1.54) is 12.8 Å². The average molecular weight is 228 g/mol. The number of aromatic nitrogens is 3. The normalized spacial score (nSPS) is 15.1. The Hall–Kier alpha value is -1.68. The highest BCUT2D eigenvalue weighted by atomic mass is 15.3. The molecule has 0 bridgehead atoms. The van der Waals surface area contributed by atoms with Gasteiger partial charge in [0.15, 0.2) is 0 Å². The van der Waals surface area contributed by atoms with Crippen LogP contribution in [0.15, 0.2) is 36.7 Å². The molecular formula is C13H16N4. The molecule has 0 saturated heterocycles. The highest BCUT2D eigenvalue weighted by Gasteiger charge is 2.20. The van der Waals surface area contributed by atoms with Crippen LogP contribution in [0.25, 0.3) is 0 Å². The lowest BCUT2D eigenvalue weighted by atomic mass is 10.3. The lowest BCUT2D eigenvalue weighted by Crippen LogP contribution is -2.16. The molecule has 3 rings (SSSR count). The van der Waals surface area contributed by atoms with Gasteiger partial charge in [0.05, 0.1) is 17.9 Å². The van der Waals surface area contributed by atoms with Crippen LogP contribution >= 0.6 is 0 Å². The van der Waals surface area contributed by atoms with E-state index in [0.29, 0.717) is 0 Å². The molecule has 17 heavy (non-hydrogen) atoms. The molecule has 88 valence electrons. The Balaban J connectivity index is 1.65. The van der Waals surface area contributed by atoms with Gasteiger partial charge in [-0.25, -0.2) is 0 Å². The fourth-order valence-electron chi connectivity index (χ4n) is 1.81. The molecule has 0 aliphatic heterocycles. The van der Waals surface area contributed by atoms with Gasteiger partial charge in [0.2, 0.25) is 0 Å². The number of nitrogens with one attached hydrogen (secondary N) is 1. The van der Waals surface area contributed by atoms with E-state index in [1.807, 2.05) is 23.0 Å². The summed E-state index contributed by atoms with van der Waals surface area (Å²) in [5.41, 5.74) is 2.17. The maximum Gasteiger partial charge on any atom is 0.0831 e. The maximum atomic E-state index is 4.62. The molecule has 2 aromatic heterocycles. The largest absolute Gasteiger partial charge is 0.308 e. The second kappa shape index (κ2) is 4.67. The van der Waals surface area contributed by atoms with Crippen molar-refractivity contribution in [2.24, 2.45) is 0 Å². The molecular weight excluding hydrogens is 212 g/mol. The number of nitrogens with zero attached hydrogens (tertiary/aromatic N) is 3. The summed E-state index contributed by atoms with van der Waals surface area (Å²) in [5.74, 6) is 0. The average Bonchev–Trinajstić information content (AvgIpc) is 3.05. The third kappa shape index (κ3) is 2.91. The van der Waals surface area contributed by atoms with Crippen LogP contribution in [0.4, 0.5) is 0 Å². The van der Waals surface area contributed by atoms with Gasteiger partial charge >= 0.3 is 0 Å². The molecule has 0 aromatic carbocycles. The molecule has 4 heteroatoms. The molecule has 0 atom stereocenters. The van der Waals surface area contributed by atoms with Gasteiger partial charge in [-0.2, -0.15) is 5.10 Å². The summed E-state index contributed by atoms with van der Waals surface area (Å²) in [7, 11) is 0. The van der Waals surface area contributed by atoms with E-state index in [-0.39, 0.29) is 0 Å². The molecule has 4 nitrogen and oxygen atoms in total. The highest BCUT2D eigenvalue weighted by molar-refractivity contribution is 5.11. The Labute approximate surface area is 101 Å². The van der Waals surface area contributed by atoms with E-state index in [2.05, 4.69) is 27.5 Å². The maximum absolute atomic E-state index is 4.62. The summed E-state index contributed by atoms with van der Waals surface area (Å²) in [6.45, 7) is 1.61. The van der Waals surface area contributed by atoms with E-state index >= 15 is 0 Å². The Morgan fingerprint density at radius 1 is 1.24 bits per heavy atom. The summed E-state index contributed by atoms with van der Waals surface area (Å²) in [6, 6.07) is 8.84. The van der Waals surface area contributed by atoms with Gasteiger partial charge < -0.3 is 5.32 Å². The zero-order valence-corrected chi connectivity index (χ0v) is 9.71. The summed E-state index contributed by atoms with van der Waals surface area (Å²) in [5, 5.41) is 7.66. The third-order valence-corrected chi connectivity index (χ3v) is 2.90. The SMILES string of the molecule is c1cc(CNC2CC2)nc(Cn2cccn2)c1. The first-order chi connectivity index (χ1) is 8.40. The number of rotatable bonds is 5. The Morgan fingerprint density at radius 3 is 2.88 bits per heavy atom. The molecule has 0 unspecified atom stereocenters. The lowest BCUT2D eigenvalue weighted by Gasteiger charge is -2.05. The van der Waals surface area contributed by atoms with Crippen molar-refractivity contribution in [3.05, 3.63) is 48.0 Å². The molecule has 0 radical (unpaired) electrons.